The van der Waals surface area contributed by atoms with Crippen molar-refractivity contribution < 1.29 is 17.5 Å². The van der Waals surface area contributed by atoms with E-state index in [0.29, 0.717) is 30.8 Å². The summed E-state index contributed by atoms with van der Waals surface area (Å²) in [5.41, 5.74) is 5.55. The minimum absolute atomic E-state index is 0.0780. The van der Waals surface area contributed by atoms with Crippen LogP contribution in [0, 0.1) is 5.82 Å². The summed E-state index contributed by atoms with van der Waals surface area (Å²) in [6.07, 6.45) is 0. The van der Waals surface area contributed by atoms with Crippen LogP contribution < -0.4 is 10.6 Å². The Hall–Kier alpha value is -0.580. The molecule has 3 N–H and O–H groups in total. The van der Waals surface area contributed by atoms with Crippen molar-refractivity contribution in [3.63, 3.8) is 0 Å². The summed E-state index contributed by atoms with van der Waals surface area (Å²) in [7, 11) is -3.99. The molecule has 0 bridgehead atoms. The number of ether oxygens (including phenoxy) is 1. The first-order chi connectivity index (χ1) is 9.44. The van der Waals surface area contributed by atoms with Crippen molar-refractivity contribution in [1.29, 1.82) is 0 Å². The van der Waals surface area contributed by atoms with E-state index in [1.807, 2.05) is 0 Å². The second-order valence-corrected chi connectivity index (χ2v) is 6.82. The van der Waals surface area contributed by atoms with Crippen molar-refractivity contribution in [3.05, 3.63) is 28.0 Å². The van der Waals surface area contributed by atoms with E-state index in [4.69, 9.17) is 10.5 Å². The van der Waals surface area contributed by atoms with Crippen LogP contribution in [-0.2, 0) is 21.3 Å². The molecule has 1 aliphatic rings. The number of hydrogen-bond donors (Lipinski definition) is 2. The molecule has 0 aliphatic carbocycles. The molecule has 0 amide bonds. The molecule has 0 atom stereocenters. The van der Waals surface area contributed by atoms with Gasteiger partial charge >= 0.3 is 0 Å². The number of morpholine rings is 1. The maximum Gasteiger partial charge on any atom is 0.256 e. The third-order valence-electron chi connectivity index (χ3n) is 2.85. The Kier molecular flexibility index (Phi) is 5.10. The summed E-state index contributed by atoms with van der Waals surface area (Å²) in [6.45, 7) is 1.61. The van der Waals surface area contributed by atoms with Crippen molar-refractivity contribution in [2.75, 3.05) is 26.3 Å². The molecule has 1 aromatic rings. The first-order valence-corrected chi connectivity index (χ1v) is 8.25. The lowest BCUT2D eigenvalue weighted by molar-refractivity contribution is 0.0272. The van der Waals surface area contributed by atoms with Gasteiger partial charge < -0.3 is 10.5 Å². The maximum absolute atomic E-state index is 14.1. The summed E-state index contributed by atoms with van der Waals surface area (Å²) < 4.78 is 44.2. The van der Waals surface area contributed by atoms with E-state index in [1.165, 1.54) is 17.1 Å². The molecule has 9 heteroatoms. The van der Waals surface area contributed by atoms with Crippen molar-refractivity contribution >= 4 is 26.0 Å². The first-order valence-electron chi connectivity index (χ1n) is 5.97. The first kappa shape index (κ1) is 15.8. The summed E-state index contributed by atoms with van der Waals surface area (Å²) in [5, 5.41) is 1.49. The third kappa shape index (κ3) is 3.54. The molecule has 0 radical (unpaired) electrons. The largest absolute Gasteiger partial charge is 0.379 e. The molecular formula is C11H15BrFN3O3S. The molecule has 1 heterocycles. The van der Waals surface area contributed by atoms with Gasteiger partial charge in [0.15, 0.2) is 0 Å². The lowest BCUT2D eigenvalue weighted by Gasteiger charge is -2.26. The third-order valence-corrected chi connectivity index (χ3v) is 4.68. The van der Waals surface area contributed by atoms with Gasteiger partial charge in [0, 0.05) is 29.7 Å². The monoisotopic (exact) mass is 367 g/mol. The van der Waals surface area contributed by atoms with Crippen LogP contribution in [0.15, 0.2) is 21.5 Å². The van der Waals surface area contributed by atoms with Crippen LogP contribution in [-0.4, -0.2) is 39.7 Å². The van der Waals surface area contributed by atoms with Gasteiger partial charge in [0.05, 0.1) is 13.2 Å². The molecule has 0 spiro atoms. The van der Waals surface area contributed by atoms with Crippen LogP contribution in [0.2, 0.25) is 0 Å². The predicted molar refractivity (Wildman–Crippen MR) is 74.7 cm³/mol. The van der Waals surface area contributed by atoms with Crippen molar-refractivity contribution in [3.8, 4) is 0 Å². The molecule has 0 saturated carbocycles. The summed E-state index contributed by atoms with van der Waals surface area (Å²) >= 11 is 3.16. The van der Waals surface area contributed by atoms with E-state index in [-0.39, 0.29) is 12.1 Å². The van der Waals surface area contributed by atoms with Crippen molar-refractivity contribution in [2.45, 2.75) is 11.4 Å². The molecular weight excluding hydrogens is 353 g/mol. The Balaban J connectivity index is 2.31. The molecule has 1 fully saturated rings. The average molecular weight is 368 g/mol. The quantitative estimate of drug-likeness (QED) is 0.812. The van der Waals surface area contributed by atoms with E-state index >= 15 is 0 Å². The number of hydrogen-bond acceptors (Lipinski definition) is 5. The second kappa shape index (κ2) is 6.46. The number of nitrogens with two attached hydrogens (primary N) is 1. The van der Waals surface area contributed by atoms with Gasteiger partial charge in [0.1, 0.15) is 10.7 Å². The van der Waals surface area contributed by atoms with Crippen LogP contribution in [0.1, 0.15) is 5.56 Å². The van der Waals surface area contributed by atoms with Gasteiger partial charge in [-0.05, 0) is 12.1 Å². The number of nitrogens with zero attached hydrogens (tertiary/aromatic N) is 1. The smallest absolute Gasteiger partial charge is 0.256 e. The van der Waals surface area contributed by atoms with Crippen LogP contribution in [0.5, 0.6) is 0 Å². The molecule has 1 aromatic carbocycles. The van der Waals surface area contributed by atoms with Crippen LogP contribution in [0.25, 0.3) is 0 Å². The molecule has 1 saturated heterocycles. The van der Waals surface area contributed by atoms with E-state index in [0.717, 1.165) is 0 Å². The molecule has 20 heavy (non-hydrogen) atoms. The zero-order chi connectivity index (χ0) is 14.8. The fraction of sp³-hybridized carbons (Fsp3) is 0.455. The van der Waals surface area contributed by atoms with E-state index in [1.54, 1.807) is 0 Å². The summed E-state index contributed by atoms with van der Waals surface area (Å²) in [5.74, 6) is -0.823. The van der Waals surface area contributed by atoms with Gasteiger partial charge in [-0.15, -0.1) is 4.83 Å². The SMILES string of the molecule is NCc1cc(Br)cc(S(=O)(=O)NN2CCOCC2)c1F. The fourth-order valence-corrected chi connectivity index (χ4v) is 3.76. The highest BCUT2D eigenvalue weighted by Gasteiger charge is 2.25. The van der Waals surface area contributed by atoms with E-state index in [2.05, 4.69) is 20.8 Å². The highest BCUT2D eigenvalue weighted by atomic mass is 79.9. The number of benzene rings is 1. The van der Waals surface area contributed by atoms with E-state index < -0.39 is 20.7 Å². The van der Waals surface area contributed by atoms with Gasteiger partial charge in [-0.1, -0.05) is 15.9 Å². The number of hydrazine groups is 1. The average Bonchev–Trinajstić information content (AvgIpc) is 2.41. The molecule has 1 aliphatic heterocycles. The Bertz CT molecular complexity index is 591. The fourth-order valence-electron chi connectivity index (χ4n) is 1.84. The van der Waals surface area contributed by atoms with Crippen LogP contribution in [0.3, 0.4) is 0 Å². The molecule has 2 rings (SSSR count). The Morgan fingerprint density at radius 3 is 2.65 bits per heavy atom. The lowest BCUT2D eigenvalue weighted by Crippen LogP contribution is -2.48. The normalized spacial score (nSPS) is 17.4. The number of nitrogens with one attached hydrogen (secondary N) is 1. The standard InChI is InChI=1S/C11H15BrFN3O3S/c12-9-5-8(7-14)11(13)10(6-9)20(17,18)15-16-1-3-19-4-2-16/h5-6,15H,1-4,7,14H2. The summed E-state index contributed by atoms with van der Waals surface area (Å²) in [4.78, 5) is 1.94. The highest BCUT2D eigenvalue weighted by molar-refractivity contribution is 9.10. The molecule has 0 unspecified atom stereocenters. The van der Waals surface area contributed by atoms with E-state index in [9.17, 15) is 12.8 Å². The predicted octanol–water partition coefficient (Wildman–Crippen LogP) is 0.572. The Morgan fingerprint density at radius 1 is 1.40 bits per heavy atom. The zero-order valence-corrected chi connectivity index (χ0v) is 13.0. The van der Waals surface area contributed by atoms with Gasteiger partial charge in [-0.25, -0.2) is 17.8 Å². The highest BCUT2D eigenvalue weighted by Crippen LogP contribution is 2.24. The number of halogens is 2. The van der Waals surface area contributed by atoms with Crippen LogP contribution in [0.4, 0.5) is 4.39 Å². The number of sulfonamides is 1. The summed E-state index contributed by atoms with van der Waals surface area (Å²) in [6, 6.07) is 2.68. The number of rotatable bonds is 4. The minimum Gasteiger partial charge on any atom is -0.379 e. The molecule has 0 aromatic heterocycles. The van der Waals surface area contributed by atoms with Gasteiger partial charge in [0.2, 0.25) is 0 Å². The topological polar surface area (TPSA) is 84.7 Å². The lowest BCUT2D eigenvalue weighted by atomic mass is 10.2. The van der Waals surface area contributed by atoms with Crippen LogP contribution >= 0.6 is 15.9 Å². The van der Waals surface area contributed by atoms with Crippen molar-refractivity contribution in [1.82, 2.24) is 9.84 Å². The maximum atomic E-state index is 14.1. The van der Waals surface area contributed by atoms with Gasteiger partial charge in [0.25, 0.3) is 10.0 Å². The Labute approximate surface area is 125 Å². The van der Waals surface area contributed by atoms with Gasteiger partial charge in [-0.2, -0.15) is 0 Å². The van der Waals surface area contributed by atoms with Gasteiger partial charge in [-0.3, -0.25) is 0 Å². The Morgan fingerprint density at radius 2 is 2.05 bits per heavy atom. The van der Waals surface area contributed by atoms with Crippen molar-refractivity contribution in [2.24, 2.45) is 5.73 Å². The molecule has 112 valence electrons. The minimum atomic E-state index is -3.99. The zero-order valence-electron chi connectivity index (χ0n) is 10.6. The molecule has 6 nitrogen and oxygen atoms in total. The second-order valence-electron chi connectivity index (χ2n) is 4.28.